The van der Waals surface area contributed by atoms with Crippen molar-refractivity contribution in [3.8, 4) is 0 Å². The highest BCUT2D eigenvalue weighted by atomic mass is 79.9. The Morgan fingerprint density at radius 1 is 1.21 bits per heavy atom. The van der Waals surface area contributed by atoms with Crippen LogP contribution < -0.4 is 5.46 Å². The highest BCUT2D eigenvalue weighted by Gasteiger charge is 2.51. The third kappa shape index (κ3) is 3.10. The second-order valence-corrected chi connectivity index (χ2v) is 6.34. The molecular weight excluding hydrogens is 305 g/mol. The van der Waals surface area contributed by atoms with E-state index in [1.807, 2.05) is 24.4 Å². The number of alkyl halides is 1. The van der Waals surface area contributed by atoms with Crippen LogP contribution in [0.15, 0.2) is 24.5 Å². The van der Waals surface area contributed by atoms with Gasteiger partial charge in [0.1, 0.15) is 0 Å². The van der Waals surface area contributed by atoms with Crippen molar-refractivity contribution in [3.63, 3.8) is 0 Å². The third-order valence-electron chi connectivity index (χ3n) is 3.71. The van der Waals surface area contributed by atoms with E-state index >= 15 is 0 Å². The highest BCUT2D eigenvalue weighted by Crippen LogP contribution is 2.36. The molecule has 19 heavy (non-hydrogen) atoms. The fourth-order valence-corrected chi connectivity index (χ4v) is 2.04. The van der Waals surface area contributed by atoms with Gasteiger partial charge in [-0.1, -0.05) is 34.1 Å². The van der Waals surface area contributed by atoms with Crippen LogP contribution in [0.2, 0.25) is 0 Å². The summed E-state index contributed by atoms with van der Waals surface area (Å²) in [7, 11) is -0.352. The van der Waals surface area contributed by atoms with Crippen molar-refractivity contribution in [1.29, 1.82) is 0 Å². The van der Waals surface area contributed by atoms with E-state index < -0.39 is 0 Å². The van der Waals surface area contributed by atoms with Crippen LogP contribution in [0.3, 0.4) is 0 Å². The minimum absolute atomic E-state index is 0.320. The molecule has 1 aromatic heterocycles. The van der Waals surface area contributed by atoms with Crippen molar-refractivity contribution < 1.29 is 9.31 Å². The van der Waals surface area contributed by atoms with Gasteiger partial charge >= 0.3 is 7.12 Å². The number of rotatable bonds is 3. The Labute approximate surface area is 123 Å². The minimum Gasteiger partial charge on any atom is -0.399 e. The number of hydrogen-bond donors (Lipinski definition) is 0. The van der Waals surface area contributed by atoms with Gasteiger partial charge in [-0.2, -0.15) is 0 Å². The van der Waals surface area contributed by atoms with Crippen LogP contribution in [0, 0.1) is 0 Å². The quantitative estimate of drug-likeness (QED) is 0.633. The average molecular weight is 324 g/mol. The SMILES string of the molecule is CC1(C)OB(c2cncc(C=CCBr)c2)OC1(C)C. The molecule has 102 valence electrons. The first-order valence-corrected chi connectivity index (χ1v) is 7.51. The van der Waals surface area contributed by atoms with Crippen LogP contribution >= 0.6 is 15.9 Å². The van der Waals surface area contributed by atoms with E-state index in [1.54, 1.807) is 6.20 Å². The van der Waals surface area contributed by atoms with E-state index in [-0.39, 0.29) is 18.3 Å². The van der Waals surface area contributed by atoms with Crippen LogP contribution in [-0.2, 0) is 9.31 Å². The molecule has 0 aromatic carbocycles. The molecule has 0 amide bonds. The lowest BCUT2D eigenvalue weighted by atomic mass is 9.80. The summed E-state index contributed by atoms with van der Waals surface area (Å²) in [4.78, 5) is 4.25. The molecule has 1 saturated heterocycles. The van der Waals surface area contributed by atoms with Crippen LogP contribution in [0.25, 0.3) is 6.08 Å². The first-order valence-electron chi connectivity index (χ1n) is 6.39. The van der Waals surface area contributed by atoms with Gasteiger partial charge in [0.2, 0.25) is 0 Å². The van der Waals surface area contributed by atoms with Crippen molar-refractivity contribution in [1.82, 2.24) is 4.98 Å². The molecule has 0 atom stereocenters. The zero-order valence-corrected chi connectivity index (χ0v) is 13.4. The number of aromatic nitrogens is 1. The predicted octanol–water partition coefficient (Wildman–Crippen LogP) is 2.79. The van der Waals surface area contributed by atoms with Gasteiger partial charge in [-0.05, 0) is 33.3 Å². The first-order chi connectivity index (χ1) is 8.86. The van der Waals surface area contributed by atoms with Crippen LogP contribution in [0.4, 0.5) is 0 Å². The molecule has 0 radical (unpaired) electrons. The largest absolute Gasteiger partial charge is 0.496 e. The van der Waals surface area contributed by atoms with Crippen molar-refractivity contribution in [2.24, 2.45) is 0 Å². The summed E-state index contributed by atoms with van der Waals surface area (Å²) >= 11 is 3.36. The third-order valence-corrected chi connectivity index (χ3v) is 4.08. The molecule has 0 N–H and O–H groups in total. The fourth-order valence-electron chi connectivity index (χ4n) is 1.86. The molecule has 0 unspecified atom stereocenters. The average Bonchev–Trinajstić information content (AvgIpc) is 2.56. The Morgan fingerprint density at radius 2 is 1.84 bits per heavy atom. The number of pyridine rings is 1. The Kier molecular flexibility index (Phi) is 4.18. The molecule has 2 heterocycles. The molecule has 0 saturated carbocycles. The van der Waals surface area contributed by atoms with E-state index in [1.165, 1.54) is 0 Å². The van der Waals surface area contributed by atoms with Gasteiger partial charge in [-0.25, -0.2) is 0 Å². The van der Waals surface area contributed by atoms with Gasteiger partial charge < -0.3 is 9.31 Å². The highest BCUT2D eigenvalue weighted by molar-refractivity contribution is 9.09. The maximum atomic E-state index is 6.01. The lowest BCUT2D eigenvalue weighted by Crippen LogP contribution is -2.41. The standard InChI is InChI=1S/C14H19BBrNO2/c1-13(2)14(3,4)19-15(18-13)12-8-11(6-5-7-16)9-17-10-12/h5-6,8-10H,7H2,1-4H3. The van der Waals surface area contributed by atoms with E-state index in [2.05, 4.69) is 48.6 Å². The molecule has 1 aromatic rings. The van der Waals surface area contributed by atoms with E-state index in [9.17, 15) is 0 Å². The summed E-state index contributed by atoms with van der Waals surface area (Å²) in [5.41, 5.74) is 1.36. The Morgan fingerprint density at radius 3 is 2.42 bits per heavy atom. The van der Waals surface area contributed by atoms with Gasteiger partial charge in [0, 0.05) is 23.2 Å². The van der Waals surface area contributed by atoms with Crippen LogP contribution in [-0.4, -0.2) is 28.6 Å². The van der Waals surface area contributed by atoms with E-state index in [0.717, 1.165) is 16.4 Å². The maximum Gasteiger partial charge on any atom is 0.496 e. The lowest BCUT2D eigenvalue weighted by Gasteiger charge is -2.32. The van der Waals surface area contributed by atoms with Gasteiger partial charge in [-0.3, -0.25) is 4.98 Å². The Hall–Kier alpha value is -0.645. The van der Waals surface area contributed by atoms with Crippen LogP contribution in [0.5, 0.6) is 0 Å². The summed E-state index contributed by atoms with van der Waals surface area (Å²) in [5, 5.41) is 0.827. The Balaban J connectivity index is 2.22. The first kappa shape index (κ1) is 14.8. The number of allylic oxidation sites excluding steroid dienone is 1. The summed E-state index contributed by atoms with van der Waals surface area (Å²) in [6, 6.07) is 2.05. The Bertz CT molecular complexity index is 472. The molecule has 0 spiro atoms. The number of halogens is 1. The number of hydrogen-bond acceptors (Lipinski definition) is 3. The zero-order valence-electron chi connectivity index (χ0n) is 11.8. The lowest BCUT2D eigenvalue weighted by molar-refractivity contribution is 0.00578. The van der Waals surface area contributed by atoms with Crippen molar-refractivity contribution >= 4 is 34.6 Å². The molecule has 3 nitrogen and oxygen atoms in total. The van der Waals surface area contributed by atoms with Crippen molar-refractivity contribution in [2.45, 2.75) is 38.9 Å². The van der Waals surface area contributed by atoms with Crippen molar-refractivity contribution in [2.75, 3.05) is 5.33 Å². The summed E-state index contributed by atoms with van der Waals surface area (Å²) in [6.07, 6.45) is 7.68. The van der Waals surface area contributed by atoms with E-state index in [4.69, 9.17) is 9.31 Å². The van der Waals surface area contributed by atoms with Gasteiger partial charge in [-0.15, -0.1) is 0 Å². The molecular formula is C14H19BBrNO2. The molecule has 5 heteroatoms. The molecule has 1 fully saturated rings. The van der Waals surface area contributed by atoms with Gasteiger partial charge in [0.15, 0.2) is 0 Å². The molecule has 0 bridgehead atoms. The smallest absolute Gasteiger partial charge is 0.399 e. The van der Waals surface area contributed by atoms with Crippen molar-refractivity contribution in [3.05, 3.63) is 30.1 Å². The minimum atomic E-state index is -0.352. The maximum absolute atomic E-state index is 6.01. The number of nitrogens with zero attached hydrogens (tertiary/aromatic N) is 1. The summed E-state index contributed by atoms with van der Waals surface area (Å²) < 4.78 is 12.0. The second kappa shape index (κ2) is 5.39. The van der Waals surface area contributed by atoms with Gasteiger partial charge in [0.05, 0.1) is 11.2 Å². The van der Waals surface area contributed by atoms with Crippen LogP contribution in [0.1, 0.15) is 33.3 Å². The normalized spacial score (nSPS) is 21.2. The fraction of sp³-hybridized carbons (Fsp3) is 0.500. The molecule has 1 aliphatic rings. The summed E-state index contributed by atoms with van der Waals surface area (Å²) in [6.45, 7) is 8.20. The van der Waals surface area contributed by atoms with Gasteiger partial charge in [0.25, 0.3) is 0 Å². The zero-order chi connectivity index (χ0) is 14.1. The second-order valence-electron chi connectivity index (χ2n) is 5.70. The molecule has 0 aliphatic carbocycles. The monoisotopic (exact) mass is 323 g/mol. The van der Waals surface area contributed by atoms with E-state index in [0.29, 0.717) is 0 Å². The molecule has 1 aliphatic heterocycles. The predicted molar refractivity (Wildman–Crippen MR) is 82.8 cm³/mol. The topological polar surface area (TPSA) is 31.4 Å². The molecule has 2 rings (SSSR count). The summed E-state index contributed by atoms with van der Waals surface area (Å²) in [5.74, 6) is 0.